The summed E-state index contributed by atoms with van der Waals surface area (Å²) in [5.74, 6) is -3.38. The highest BCUT2D eigenvalue weighted by atomic mass is 32.2. The lowest BCUT2D eigenvalue weighted by atomic mass is 10.1. The van der Waals surface area contributed by atoms with E-state index in [0.717, 1.165) is 0 Å². The Morgan fingerprint density at radius 2 is 1.65 bits per heavy atom. The minimum Gasteiger partial charge on any atom is -0.508 e. The van der Waals surface area contributed by atoms with E-state index < -0.39 is 54.3 Å². The topological polar surface area (TPSA) is 214 Å². The van der Waals surface area contributed by atoms with Crippen molar-refractivity contribution < 1.29 is 34.2 Å². The van der Waals surface area contributed by atoms with Gasteiger partial charge in [-0.25, -0.2) is 4.79 Å². The van der Waals surface area contributed by atoms with Crippen LogP contribution in [0.5, 0.6) is 5.75 Å². The number of phenolic OH excluding ortho intramolecular Hbond substituents is 1. The lowest BCUT2D eigenvalue weighted by Gasteiger charge is -2.20. The van der Waals surface area contributed by atoms with E-state index >= 15 is 0 Å². The number of nitrogens with one attached hydrogen (secondary N) is 3. The van der Waals surface area contributed by atoms with Gasteiger partial charge in [-0.1, -0.05) is 12.1 Å². The number of carboxylic acids is 1. The zero-order chi connectivity index (χ0) is 25.7. The number of carboxylic acid groups (broad SMARTS) is 1. The van der Waals surface area contributed by atoms with E-state index in [1.165, 1.54) is 36.0 Å². The number of nitrogens with two attached hydrogens (primary N) is 2. The van der Waals surface area contributed by atoms with Crippen molar-refractivity contribution in [3.05, 3.63) is 29.8 Å². The minimum atomic E-state index is -1.28. The highest BCUT2D eigenvalue weighted by Crippen LogP contribution is 2.11. The van der Waals surface area contributed by atoms with Crippen molar-refractivity contribution in [2.75, 3.05) is 18.6 Å². The molecular weight excluding hydrogens is 466 g/mol. The molecule has 9 N–H and O–H groups in total. The molecule has 0 aromatic heterocycles. The van der Waals surface area contributed by atoms with Crippen molar-refractivity contribution in [3.63, 3.8) is 0 Å². The summed E-state index contributed by atoms with van der Waals surface area (Å²) in [5, 5.41) is 25.8. The number of phenols is 1. The van der Waals surface area contributed by atoms with Gasteiger partial charge in [0.1, 0.15) is 17.8 Å². The molecule has 4 amide bonds. The molecule has 3 unspecified atom stereocenters. The molecular formula is C21H31N5O7S. The van der Waals surface area contributed by atoms with Crippen molar-refractivity contribution in [2.45, 2.75) is 43.8 Å². The normalized spacial score (nSPS) is 13.2. The van der Waals surface area contributed by atoms with Crippen molar-refractivity contribution in [3.8, 4) is 5.75 Å². The summed E-state index contributed by atoms with van der Waals surface area (Å²) >= 11 is 1.51. The first-order valence-corrected chi connectivity index (χ1v) is 11.8. The number of thioether (sulfide) groups is 1. The number of amides is 4. The highest BCUT2D eigenvalue weighted by molar-refractivity contribution is 7.98. The summed E-state index contributed by atoms with van der Waals surface area (Å²) in [7, 11) is 0. The monoisotopic (exact) mass is 497 g/mol. The van der Waals surface area contributed by atoms with Gasteiger partial charge in [0.05, 0.1) is 12.6 Å². The van der Waals surface area contributed by atoms with Crippen LogP contribution in [-0.4, -0.2) is 76.5 Å². The van der Waals surface area contributed by atoms with Crippen molar-refractivity contribution in [2.24, 2.45) is 11.5 Å². The Labute approximate surface area is 201 Å². The molecule has 0 fully saturated rings. The molecule has 1 aromatic rings. The third kappa shape index (κ3) is 11.0. The maximum atomic E-state index is 12.5. The Morgan fingerprint density at radius 3 is 2.21 bits per heavy atom. The molecule has 0 aliphatic rings. The van der Waals surface area contributed by atoms with Gasteiger partial charge >= 0.3 is 5.97 Å². The number of aromatic hydroxyl groups is 1. The molecule has 0 saturated carbocycles. The number of benzene rings is 1. The van der Waals surface area contributed by atoms with Crippen molar-refractivity contribution in [1.82, 2.24) is 16.0 Å². The summed E-state index contributed by atoms with van der Waals surface area (Å²) in [6.45, 7) is -0.556. The molecule has 0 aliphatic carbocycles. The van der Waals surface area contributed by atoms with Crippen LogP contribution >= 0.6 is 11.8 Å². The smallest absolute Gasteiger partial charge is 0.326 e. The van der Waals surface area contributed by atoms with E-state index in [9.17, 15) is 34.2 Å². The number of primary amides is 1. The van der Waals surface area contributed by atoms with E-state index in [2.05, 4.69) is 16.0 Å². The van der Waals surface area contributed by atoms with Gasteiger partial charge in [0, 0.05) is 12.8 Å². The summed E-state index contributed by atoms with van der Waals surface area (Å²) < 4.78 is 0. The van der Waals surface area contributed by atoms with Crippen LogP contribution in [-0.2, 0) is 30.4 Å². The summed E-state index contributed by atoms with van der Waals surface area (Å²) in [6.07, 6.45) is 1.93. The molecule has 0 bridgehead atoms. The number of hydrogen-bond donors (Lipinski definition) is 7. The Balaban J connectivity index is 2.69. The van der Waals surface area contributed by atoms with Crippen molar-refractivity contribution >= 4 is 41.4 Å². The van der Waals surface area contributed by atoms with Crippen molar-refractivity contribution in [1.29, 1.82) is 0 Å². The fourth-order valence-corrected chi connectivity index (χ4v) is 3.30. The molecule has 12 nitrogen and oxygen atoms in total. The largest absolute Gasteiger partial charge is 0.508 e. The van der Waals surface area contributed by atoms with E-state index in [-0.39, 0.29) is 25.0 Å². The van der Waals surface area contributed by atoms with Gasteiger partial charge in [0.15, 0.2) is 0 Å². The van der Waals surface area contributed by atoms with E-state index in [1.54, 1.807) is 0 Å². The van der Waals surface area contributed by atoms with Crippen LogP contribution in [0.25, 0.3) is 0 Å². The zero-order valence-corrected chi connectivity index (χ0v) is 19.6. The third-order valence-corrected chi connectivity index (χ3v) is 5.36. The van der Waals surface area contributed by atoms with Gasteiger partial charge in [-0.3, -0.25) is 19.2 Å². The lowest BCUT2D eigenvalue weighted by molar-refractivity contribution is -0.141. The molecule has 0 radical (unpaired) electrons. The molecule has 0 saturated heterocycles. The maximum absolute atomic E-state index is 12.5. The second kappa shape index (κ2) is 14.8. The van der Waals surface area contributed by atoms with Crippen LogP contribution < -0.4 is 27.4 Å². The molecule has 0 aliphatic heterocycles. The molecule has 188 valence electrons. The SMILES string of the molecule is CSCCC(N)C(=O)NC(CCC(N)=O)C(=O)NCC(=O)NC(Cc1ccc(O)cc1)C(=O)O. The summed E-state index contributed by atoms with van der Waals surface area (Å²) in [5.41, 5.74) is 11.5. The quantitative estimate of drug-likeness (QED) is 0.149. The third-order valence-electron chi connectivity index (χ3n) is 4.71. The second-order valence-corrected chi connectivity index (χ2v) is 8.49. The number of carbonyl (C=O) groups excluding carboxylic acids is 4. The van der Waals surface area contributed by atoms with Gasteiger partial charge < -0.3 is 37.6 Å². The molecule has 1 rings (SSSR count). The van der Waals surface area contributed by atoms with Gasteiger partial charge in [-0.05, 0) is 42.5 Å². The fraction of sp³-hybridized carbons (Fsp3) is 0.476. The first kappa shape index (κ1) is 28.7. The second-order valence-electron chi connectivity index (χ2n) is 7.50. The van der Waals surface area contributed by atoms with E-state index in [0.29, 0.717) is 17.7 Å². The van der Waals surface area contributed by atoms with Crippen LogP contribution in [0.1, 0.15) is 24.8 Å². The van der Waals surface area contributed by atoms with E-state index in [1.807, 2.05) is 6.26 Å². The number of rotatable bonds is 15. The van der Waals surface area contributed by atoms with Crippen LogP contribution in [0.2, 0.25) is 0 Å². The van der Waals surface area contributed by atoms with Crippen LogP contribution in [0.4, 0.5) is 0 Å². The Bertz CT molecular complexity index is 866. The molecule has 0 spiro atoms. The number of aliphatic carboxylic acids is 1. The minimum absolute atomic E-state index is 0.0190. The standard InChI is InChI=1S/C21H31N5O7S/c1-34-9-8-14(22)19(30)26-15(6-7-17(23)28)20(31)24-11-18(29)25-16(21(32)33)10-12-2-4-13(27)5-3-12/h2-5,14-16,27H,6-11,22H2,1H3,(H2,23,28)(H,24,31)(H,25,29)(H,26,30)(H,32,33). The molecule has 0 heterocycles. The Morgan fingerprint density at radius 1 is 1.00 bits per heavy atom. The summed E-state index contributed by atoms with van der Waals surface area (Å²) in [4.78, 5) is 59.7. The van der Waals surface area contributed by atoms with Gasteiger partial charge in [0.2, 0.25) is 23.6 Å². The highest BCUT2D eigenvalue weighted by Gasteiger charge is 2.25. The lowest BCUT2D eigenvalue weighted by Crippen LogP contribution is -2.53. The zero-order valence-electron chi connectivity index (χ0n) is 18.8. The first-order chi connectivity index (χ1) is 16.0. The fourth-order valence-electron chi connectivity index (χ4n) is 2.81. The predicted molar refractivity (Wildman–Crippen MR) is 126 cm³/mol. The molecule has 34 heavy (non-hydrogen) atoms. The van der Waals surface area contributed by atoms with Gasteiger partial charge in [0.25, 0.3) is 0 Å². The predicted octanol–water partition coefficient (Wildman–Crippen LogP) is -1.55. The number of hydrogen-bond acceptors (Lipinski definition) is 8. The Hall–Kier alpha value is -3.32. The van der Waals surface area contributed by atoms with Crippen LogP contribution in [0.3, 0.4) is 0 Å². The Kier molecular flexibility index (Phi) is 12.5. The first-order valence-electron chi connectivity index (χ1n) is 10.4. The summed E-state index contributed by atoms with van der Waals surface area (Å²) in [6, 6.07) is 2.56. The van der Waals surface area contributed by atoms with Crippen LogP contribution in [0, 0.1) is 0 Å². The molecule has 13 heteroatoms. The average Bonchev–Trinajstić information content (AvgIpc) is 2.79. The number of carbonyl (C=O) groups is 5. The average molecular weight is 498 g/mol. The van der Waals surface area contributed by atoms with Gasteiger partial charge in [-0.15, -0.1) is 0 Å². The van der Waals surface area contributed by atoms with E-state index in [4.69, 9.17) is 11.5 Å². The van der Waals surface area contributed by atoms with Crippen LogP contribution in [0.15, 0.2) is 24.3 Å². The molecule has 3 atom stereocenters. The van der Waals surface area contributed by atoms with Gasteiger partial charge in [-0.2, -0.15) is 11.8 Å². The molecule has 1 aromatic carbocycles. The maximum Gasteiger partial charge on any atom is 0.326 e.